The number of fused-ring (bicyclic) bond motifs is 1. The number of thiophene rings is 1. The van der Waals surface area contributed by atoms with E-state index in [4.69, 9.17) is 0 Å². The first-order chi connectivity index (χ1) is 12.0. The second-order valence-electron chi connectivity index (χ2n) is 7.02. The van der Waals surface area contributed by atoms with Crippen LogP contribution in [0.4, 0.5) is 4.39 Å². The molecule has 1 saturated carbocycles. The summed E-state index contributed by atoms with van der Waals surface area (Å²) in [6.45, 7) is 2.97. The van der Waals surface area contributed by atoms with Crippen LogP contribution in [0, 0.1) is 18.7 Å². The van der Waals surface area contributed by atoms with Gasteiger partial charge in [-0.1, -0.05) is 6.07 Å². The molecule has 1 saturated heterocycles. The summed E-state index contributed by atoms with van der Waals surface area (Å²) in [5.74, 6) is -0.180. The number of nitrogens with zero attached hydrogens (tertiary/aromatic N) is 1. The molecule has 2 aliphatic rings. The Morgan fingerprint density at radius 1 is 1.20 bits per heavy atom. The zero-order valence-electron chi connectivity index (χ0n) is 14.2. The summed E-state index contributed by atoms with van der Waals surface area (Å²) in [6, 6.07) is 5.33. The Kier molecular flexibility index (Phi) is 4.23. The van der Waals surface area contributed by atoms with Crippen molar-refractivity contribution in [3.8, 4) is 0 Å². The van der Waals surface area contributed by atoms with Gasteiger partial charge in [0, 0.05) is 35.1 Å². The van der Waals surface area contributed by atoms with E-state index in [9.17, 15) is 14.0 Å². The highest BCUT2D eigenvalue weighted by molar-refractivity contribution is 7.21. The van der Waals surface area contributed by atoms with Crippen molar-refractivity contribution >= 4 is 33.2 Å². The molecule has 6 heteroatoms. The molecule has 132 valence electrons. The molecule has 25 heavy (non-hydrogen) atoms. The minimum absolute atomic E-state index is 0.00518. The summed E-state index contributed by atoms with van der Waals surface area (Å²) in [4.78, 5) is 27.4. The van der Waals surface area contributed by atoms with Crippen molar-refractivity contribution in [3.63, 3.8) is 0 Å². The van der Waals surface area contributed by atoms with Gasteiger partial charge in [-0.15, -0.1) is 11.3 Å². The van der Waals surface area contributed by atoms with Gasteiger partial charge in [0.15, 0.2) is 0 Å². The van der Waals surface area contributed by atoms with E-state index in [0.717, 1.165) is 23.1 Å². The fourth-order valence-electron chi connectivity index (χ4n) is 3.49. The van der Waals surface area contributed by atoms with Crippen molar-refractivity contribution in [2.75, 3.05) is 13.1 Å². The van der Waals surface area contributed by atoms with Crippen LogP contribution in [0.5, 0.6) is 0 Å². The summed E-state index contributed by atoms with van der Waals surface area (Å²) in [5, 5.41) is 3.60. The molecule has 2 fully saturated rings. The lowest BCUT2D eigenvalue weighted by Gasteiger charge is -2.31. The molecule has 1 aliphatic heterocycles. The fraction of sp³-hybridized carbons (Fsp3) is 0.474. The fourth-order valence-corrected chi connectivity index (χ4v) is 4.68. The molecular weight excluding hydrogens is 339 g/mol. The smallest absolute Gasteiger partial charge is 0.264 e. The van der Waals surface area contributed by atoms with Crippen LogP contribution in [0.2, 0.25) is 0 Å². The van der Waals surface area contributed by atoms with E-state index in [1.807, 2.05) is 13.0 Å². The summed E-state index contributed by atoms with van der Waals surface area (Å²) < 4.78 is 14.9. The molecule has 2 amide bonds. The third-order valence-corrected chi connectivity index (χ3v) is 6.42. The van der Waals surface area contributed by atoms with Gasteiger partial charge in [-0.2, -0.15) is 0 Å². The van der Waals surface area contributed by atoms with Gasteiger partial charge in [-0.05, 0) is 50.3 Å². The van der Waals surface area contributed by atoms with Gasteiger partial charge in [0.05, 0.1) is 4.88 Å². The maximum atomic E-state index is 14.1. The largest absolute Gasteiger partial charge is 0.353 e. The molecule has 0 atom stereocenters. The maximum absolute atomic E-state index is 14.1. The zero-order chi connectivity index (χ0) is 17.6. The van der Waals surface area contributed by atoms with Crippen molar-refractivity contribution in [2.24, 2.45) is 5.92 Å². The van der Waals surface area contributed by atoms with E-state index in [2.05, 4.69) is 5.32 Å². The lowest BCUT2D eigenvalue weighted by molar-refractivity contribution is -0.126. The van der Waals surface area contributed by atoms with E-state index in [-0.39, 0.29) is 23.5 Å². The number of hydrogen-bond acceptors (Lipinski definition) is 3. The molecule has 2 heterocycles. The van der Waals surface area contributed by atoms with Crippen LogP contribution in [0.25, 0.3) is 10.1 Å². The normalized spacial score (nSPS) is 18.6. The maximum Gasteiger partial charge on any atom is 0.264 e. The summed E-state index contributed by atoms with van der Waals surface area (Å²) in [7, 11) is 0. The number of nitrogens with one attached hydrogen (secondary N) is 1. The molecule has 1 aromatic carbocycles. The summed E-state index contributed by atoms with van der Waals surface area (Å²) in [6.07, 6.45) is 3.57. The number of rotatable bonds is 3. The molecule has 0 unspecified atom stereocenters. The van der Waals surface area contributed by atoms with Crippen LogP contribution in [0.3, 0.4) is 0 Å². The van der Waals surface area contributed by atoms with Crippen molar-refractivity contribution in [1.82, 2.24) is 10.2 Å². The highest BCUT2D eigenvalue weighted by Crippen LogP contribution is 2.34. The van der Waals surface area contributed by atoms with Gasteiger partial charge in [0.2, 0.25) is 5.91 Å². The van der Waals surface area contributed by atoms with Gasteiger partial charge < -0.3 is 10.2 Å². The van der Waals surface area contributed by atoms with Gasteiger partial charge in [0.1, 0.15) is 5.82 Å². The van der Waals surface area contributed by atoms with Gasteiger partial charge in [-0.3, -0.25) is 9.59 Å². The molecule has 0 spiro atoms. The highest BCUT2D eigenvalue weighted by Gasteiger charge is 2.32. The first-order valence-electron chi connectivity index (χ1n) is 8.82. The number of benzene rings is 1. The second-order valence-corrected chi connectivity index (χ2v) is 8.07. The first kappa shape index (κ1) is 16.5. The number of hydrogen-bond donors (Lipinski definition) is 1. The van der Waals surface area contributed by atoms with Crippen molar-refractivity contribution in [1.29, 1.82) is 0 Å². The summed E-state index contributed by atoms with van der Waals surface area (Å²) >= 11 is 1.35. The Morgan fingerprint density at radius 2 is 1.92 bits per heavy atom. The van der Waals surface area contributed by atoms with Gasteiger partial charge in [-0.25, -0.2) is 4.39 Å². The van der Waals surface area contributed by atoms with Crippen LogP contribution in [-0.2, 0) is 4.79 Å². The average molecular weight is 360 g/mol. The Morgan fingerprint density at radius 3 is 2.56 bits per heavy atom. The van der Waals surface area contributed by atoms with Crippen molar-refractivity contribution in [3.05, 3.63) is 34.5 Å². The number of amides is 2. The number of halogens is 1. The van der Waals surface area contributed by atoms with Crippen molar-refractivity contribution in [2.45, 2.75) is 38.6 Å². The number of aryl methyl sites for hydroxylation is 1. The highest BCUT2D eigenvalue weighted by atomic mass is 32.1. The molecule has 1 aliphatic carbocycles. The van der Waals surface area contributed by atoms with Crippen LogP contribution >= 0.6 is 11.3 Å². The predicted molar refractivity (Wildman–Crippen MR) is 96.3 cm³/mol. The third kappa shape index (κ3) is 3.15. The van der Waals surface area contributed by atoms with E-state index in [1.54, 1.807) is 11.0 Å². The molecular formula is C19H21FN2O2S. The van der Waals surface area contributed by atoms with Crippen LogP contribution in [0.1, 0.15) is 40.9 Å². The van der Waals surface area contributed by atoms with E-state index >= 15 is 0 Å². The Bertz CT molecular complexity index is 835. The van der Waals surface area contributed by atoms with E-state index in [1.165, 1.54) is 17.4 Å². The zero-order valence-corrected chi connectivity index (χ0v) is 15.0. The standard InChI is InChI=1S/C19H21FN2O2S/c1-11-16-14(20)3-2-4-15(16)25-17(11)19(24)22-9-7-12(8-10-22)18(23)21-13-5-6-13/h2-4,12-13H,5-10H2,1H3,(H,21,23). The van der Waals surface area contributed by atoms with Crippen LogP contribution in [-0.4, -0.2) is 35.8 Å². The Hall–Kier alpha value is -1.95. The average Bonchev–Trinajstić information content (AvgIpc) is 3.36. The lowest BCUT2D eigenvalue weighted by Crippen LogP contribution is -2.43. The molecule has 1 aromatic heterocycles. The first-order valence-corrected chi connectivity index (χ1v) is 9.63. The van der Waals surface area contributed by atoms with Crippen LogP contribution < -0.4 is 5.32 Å². The third-order valence-electron chi connectivity index (χ3n) is 5.17. The molecule has 4 rings (SSSR count). The van der Waals surface area contributed by atoms with Crippen molar-refractivity contribution < 1.29 is 14.0 Å². The SMILES string of the molecule is Cc1c(C(=O)N2CCC(C(=O)NC3CC3)CC2)sc2cccc(F)c12. The topological polar surface area (TPSA) is 49.4 Å². The molecule has 1 N–H and O–H groups in total. The monoisotopic (exact) mass is 360 g/mol. The van der Waals surface area contributed by atoms with Gasteiger partial charge in [0.25, 0.3) is 5.91 Å². The Labute approximate surface area is 150 Å². The molecule has 0 radical (unpaired) electrons. The second kappa shape index (κ2) is 6.41. The van der Waals surface area contributed by atoms with E-state index in [0.29, 0.717) is 42.2 Å². The number of carbonyl (C=O) groups is 2. The minimum atomic E-state index is -0.277. The number of likely N-dealkylation sites (tertiary alicyclic amines) is 1. The van der Waals surface area contributed by atoms with Gasteiger partial charge >= 0.3 is 0 Å². The molecule has 4 nitrogen and oxygen atoms in total. The van der Waals surface area contributed by atoms with Crippen LogP contribution in [0.15, 0.2) is 18.2 Å². The molecule has 0 bridgehead atoms. The number of piperidine rings is 1. The summed E-state index contributed by atoms with van der Waals surface area (Å²) in [5.41, 5.74) is 0.719. The van der Waals surface area contributed by atoms with E-state index < -0.39 is 0 Å². The Balaban J connectivity index is 1.46. The minimum Gasteiger partial charge on any atom is -0.353 e. The molecule has 2 aromatic rings. The predicted octanol–water partition coefficient (Wildman–Crippen LogP) is 3.48. The quantitative estimate of drug-likeness (QED) is 0.911. The number of carbonyl (C=O) groups excluding carboxylic acids is 2. The lowest BCUT2D eigenvalue weighted by atomic mass is 9.95.